The van der Waals surface area contributed by atoms with Crippen molar-refractivity contribution in [3.8, 4) is 17.2 Å². The highest BCUT2D eigenvalue weighted by molar-refractivity contribution is 6.10. The lowest BCUT2D eigenvalue weighted by Crippen LogP contribution is -2.37. The van der Waals surface area contributed by atoms with Crippen molar-refractivity contribution >= 4 is 17.5 Å². The Morgan fingerprint density at radius 2 is 1.68 bits per heavy atom. The lowest BCUT2D eigenvalue weighted by molar-refractivity contribution is -0.116. The normalized spacial score (nSPS) is 18.6. The third-order valence-electron chi connectivity index (χ3n) is 7.54. The van der Waals surface area contributed by atoms with E-state index >= 15 is 0 Å². The third kappa shape index (κ3) is 4.93. The van der Waals surface area contributed by atoms with Crippen molar-refractivity contribution in [2.45, 2.75) is 38.5 Å². The van der Waals surface area contributed by atoms with Gasteiger partial charge in [-0.1, -0.05) is 42.5 Å². The molecule has 0 radical (unpaired) electrons. The predicted octanol–water partition coefficient (Wildman–Crippen LogP) is 5.42. The standard InChI is InChI=1S/C32H33N3O5/c1-18-11-14-26(33-17-18)35-32(37)27-19(2)34-23-15-21(20-9-7-6-8-10-20)16-24(36)29(23)28(27)22-12-13-25(38-3)31(40-5)30(22)39-4/h6-14,17,21,28,34H,15-16H2,1-5H3,(H,33,35,37)/t21-,28+/m1/s1. The van der Waals surface area contributed by atoms with Crippen LogP contribution < -0.4 is 24.8 Å². The zero-order valence-electron chi connectivity index (χ0n) is 23.3. The van der Waals surface area contributed by atoms with Gasteiger partial charge < -0.3 is 24.8 Å². The maximum absolute atomic E-state index is 14.0. The number of amides is 1. The average Bonchev–Trinajstić information content (AvgIpc) is 2.96. The van der Waals surface area contributed by atoms with Crippen molar-refractivity contribution in [3.63, 3.8) is 0 Å². The van der Waals surface area contributed by atoms with E-state index in [9.17, 15) is 9.59 Å². The van der Waals surface area contributed by atoms with Crippen molar-refractivity contribution in [2.24, 2.45) is 0 Å². The van der Waals surface area contributed by atoms with Gasteiger partial charge in [-0.05, 0) is 49.4 Å². The second-order valence-corrected chi connectivity index (χ2v) is 10.0. The fraction of sp³-hybridized carbons (Fsp3) is 0.281. The maximum atomic E-state index is 14.0. The van der Waals surface area contributed by atoms with E-state index in [4.69, 9.17) is 14.2 Å². The fourth-order valence-electron chi connectivity index (χ4n) is 5.69. The summed E-state index contributed by atoms with van der Waals surface area (Å²) in [6.45, 7) is 3.79. The molecule has 206 valence electrons. The molecule has 1 aromatic heterocycles. The smallest absolute Gasteiger partial charge is 0.255 e. The largest absolute Gasteiger partial charge is 0.493 e. The summed E-state index contributed by atoms with van der Waals surface area (Å²) in [5.41, 5.74) is 5.18. The third-order valence-corrected chi connectivity index (χ3v) is 7.54. The minimum absolute atomic E-state index is 0.0179. The van der Waals surface area contributed by atoms with Crippen LogP contribution in [0.15, 0.2) is 83.3 Å². The quantitative estimate of drug-likeness (QED) is 0.414. The summed E-state index contributed by atoms with van der Waals surface area (Å²) >= 11 is 0. The molecule has 2 atom stereocenters. The molecule has 2 N–H and O–H groups in total. The van der Waals surface area contributed by atoms with E-state index in [-0.39, 0.29) is 17.6 Å². The monoisotopic (exact) mass is 539 g/mol. The number of Topliss-reactive ketones (excluding diaryl/α,β-unsaturated/α-hetero) is 1. The summed E-state index contributed by atoms with van der Waals surface area (Å²) in [4.78, 5) is 32.2. The van der Waals surface area contributed by atoms with Crippen LogP contribution in [0.2, 0.25) is 0 Å². The van der Waals surface area contributed by atoms with Crippen LogP contribution in [0.1, 0.15) is 48.3 Å². The fourth-order valence-corrected chi connectivity index (χ4v) is 5.69. The summed E-state index contributed by atoms with van der Waals surface area (Å²) in [5, 5.41) is 6.35. The Kier molecular flexibility index (Phi) is 7.60. The van der Waals surface area contributed by atoms with E-state index in [0.717, 1.165) is 16.8 Å². The van der Waals surface area contributed by atoms with Crippen LogP contribution in [0.3, 0.4) is 0 Å². The zero-order valence-corrected chi connectivity index (χ0v) is 23.3. The summed E-state index contributed by atoms with van der Waals surface area (Å²) in [6, 6.07) is 17.3. The lowest BCUT2D eigenvalue weighted by Gasteiger charge is -2.37. The van der Waals surface area contributed by atoms with Crippen molar-refractivity contribution in [2.75, 3.05) is 26.6 Å². The number of benzene rings is 2. The lowest BCUT2D eigenvalue weighted by atomic mass is 9.71. The van der Waals surface area contributed by atoms with Gasteiger partial charge in [0.15, 0.2) is 17.3 Å². The van der Waals surface area contributed by atoms with Crippen molar-refractivity contribution in [1.82, 2.24) is 10.3 Å². The van der Waals surface area contributed by atoms with Gasteiger partial charge in [0.1, 0.15) is 5.82 Å². The van der Waals surface area contributed by atoms with Gasteiger partial charge in [-0.3, -0.25) is 9.59 Å². The van der Waals surface area contributed by atoms with Crippen molar-refractivity contribution in [1.29, 1.82) is 0 Å². The van der Waals surface area contributed by atoms with Crippen LogP contribution in [0.5, 0.6) is 17.2 Å². The predicted molar refractivity (Wildman–Crippen MR) is 153 cm³/mol. The molecule has 0 fully saturated rings. The number of ether oxygens (including phenoxy) is 3. The second kappa shape index (κ2) is 11.3. The van der Waals surface area contributed by atoms with Crippen LogP contribution in [-0.4, -0.2) is 38.0 Å². The van der Waals surface area contributed by atoms with Crippen LogP contribution in [0.4, 0.5) is 5.82 Å². The first-order valence-electron chi connectivity index (χ1n) is 13.2. The number of allylic oxidation sites excluding steroid dienone is 3. The van der Waals surface area contributed by atoms with Gasteiger partial charge in [0, 0.05) is 40.7 Å². The zero-order chi connectivity index (χ0) is 28.4. The molecule has 0 saturated heterocycles. The molecule has 2 aromatic carbocycles. The highest BCUT2D eigenvalue weighted by Crippen LogP contribution is 2.51. The molecule has 0 saturated carbocycles. The minimum Gasteiger partial charge on any atom is -0.493 e. The van der Waals surface area contributed by atoms with Crippen LogP contribution in [0.25, 0.3) is 0 Å². The van der Waals surface area contributed by atoms with Crippen LogP contribution in [0, 0.1) is 6.92 Å². The minimum atomic E-state index is -0.694. The van der Waals surface area contributed by atoms with E-state index in [1.165, 1.54) is 14.2 Å². The van der Waals surface area contributed by atoms with Crippen molar-refractivity contribution in [3.05, 3.63) is 100 Å². The summed E-state index contributed by atoms with van der Waals surface area (Å²) in [7, 11) is 4.62. The number of aryl methyl sites for hydroxylation is 1. The Balaban J connectivity index is 1.65. The van der Waals surface area contributed by atoms with Gasteiger partial charge in [0.05, 0.1) is 27.2 Å². The Morgan fingerprint density at radius 3 is 2.33 bits per heavy atom. The second-order valence-electron chi connectivity index (χ2n) is 10.0. The molecule has 40 heavy (non-hydrogen) atoms. The first-order chi connectivity index (χ1) is 19.4. The van der Waals surface area contributed by atoms with Crippen LogP contribution in [-0.2, 0) is 9.59 Å². The molecule has 1 amide bonds. The van der Waals surface area contributed by atoms with Gasteiger partial charge in [-0.2, -0.15) is 0 Å². The number of nitrogens with zero attached hydrogens (tertiary/aromatic N) is 1. The molecule has 0 spiro atoms. The molecule has 0 bridgehead atoms. The SMILES string of the molecule is COc1ccc([C@H]2C(C(=O)Nc3ccc(C)cn3)=C(C)NC3=C2C(=O)C[C@H](c2ccccc2)C3)c(OC)c1OC. The van der Waals surface area contributed by atoms with Gasteiger partial charge >= 0.3 is 0 Å². The van der Waals surface area contributed by atoms with Gasteiger partial charge in [-0.15, -0.1) is 0 Å². The highest BCUT2D eigenvalue weighted by atomic mass is 16.5. The number of carbonyl (C=O) groups is 2. The summed E-state index contributed by atoms with van der Waals surface area (Å²) in [5.74, 6) is 0.682. The van der Waals surface area contributed by atoms with Gasteiger partial charge in [0.2, 0.25) is 5.75 Å². The van der Waals surface area contributed by atoms with E-state index in [1.54, 1.807) is 25.4 Å². The van der Waals surface area contributed by atoms with E-state index in [2.05, 4.69) is 27.8 Å². The number of hydrogen-bond donors (Lipinski definition) is 2. The molecule has 8 nitrogen and oxygen atoms in total. The summed E-state index contributed by atoms with van der Waals surface area (Å²) in [6.07, 6.45) is 2.67. The number of nitrogens with one attached hydrogen (secondary N) is 2. The Bertz CT molecular complexity index is 1510. The number of rotatable bonds is 7. The average molecular weight is 540 g/mol. The molecule has 1 aliphatic carbocycles. The first-order valence-corrected chi connectivity index (χ1v) is 13.2. The number of dihydropyridines is 1. The molecule has 1 aliphatic heterocycles. The number of hydrogen-bond acceptors (Lipinski definition) is 7. The number of anilines is 1. The number of methoxy groups -OCH3 is 3. The Hall–Kier alpha value is -4.59. The number of ketones is 1. The molecule has 3 aromatic rings. The Morgan fingerprint density at radius 1 is 0.925 bits per heavy atom. The number of pyridine rings is 1. The number of carbonyl (C=O) groups excluding carboxylic acids is 2. The Labute approximate surface area is 234 Å². The first kappa shape index (κ1) is 27.0. The molecular weight excluding hydrogens is 506 g/mol. The van der Waals surface area contributed by atoms with Crippen LogP contribution >= 0.6 is 0 Å². The molecule has 2 heterocycles. The van der Waals surface area contributed by atoms with E-state index in [1.807, 2.05) is 44.2 Å². The van der Waals surface area contributed by atoms with E-state index in [0.29, 0.717) is 58.3 Å². The van der Waals surface area contributed by atoms with E-state index < -0.39 is 5.92 Å². The highest BCUT2D eigenvalue weighted by Gasteiger charge is 2.42. The van der Waals surface area contributed by atoms with Crippen molar-refractivity contribution < 1.29 is 23.8 Å². The number of aromatic nitrogens is 1. The molecule has 2 aliphatic rings. The van der Waals surface area contributed by atoms with Gasteiger partial charge in [0.25, 0.3) is 5.91 Å². The molecular formula is C32H33N3O5. The molecule has 0 unspecified atom stereocenters. The molecule has 5 rings (SSSR count). The maximum Gasteiger partial charge on any atom is 0.255 e. The summed E-state index contributed by atoms with van der Waals surface area (Å²) < 4.78 is 17.0. The topological polar surface area (TPSA) is 98.8 Å². The van der Waals surface area contributed by atoms with Gasteiger partial charge in [-0.25, -0.2) is 4.98 Å². The molecule has 8 heteroatoms.